The number of hydrogen-bond acceptors (Lipinski definition) is 11. The molecule has 0 aromatic carbocycles. The summed E-state index contributed by atoms with van der Waals surface area (Å²) in [7, 11) is -7.80. The molecular weight excluding hydrogens is 540 g/mol. The van der Waals surface area contributed by atoms with E-state index in [1.807, 2.05) is 17.3 Å². The number of hydrogen-bond donors (Lipinski definition) is 0. The molecule has 1 saturated heterocycles. The Hall–Kier alpha value is -3.06. The summed E-state index contributed by atoms with van der Waals surface area (Å²) in [6.07, 6.45) is 14.2. The second-order valence-corrected chi connectivity index (χ2v) is 15.2. The number of ether oxygens (including phenoxy) is 1. The number of sulfone groups is 2. The van der Waals surface area contributed by atoms with Crippen molar-refractivity contribution in [3.8, 4) is 5.88 Å². The minimum Gasteiger partial charge on any atom is -0.474 e. The van der Waals surface area contributed by atoms with Crippen molar-refractivity contribution in [2.45, 2.75) is 55.6 Å². The molecule has 2 aliphatic heterocycles. The van der Waals surface area contributed by atoms with Crippen LogP contribution in [0.25, 0.3) is 0 Å². The maximum absolute atomic E-state index is 12.6. The van der Waals surface area contributed by atoms with Crippen LogP contribution in [0.5, 0.6) is 5.88 Å². The summed E-state index contributed by atoms with van der Waals surface area (Å²) in [5.41, 5.74) is 2.71. The summed E-state index contributed by atoms with van der Waals surface area (Å²) in [4.78, 5) is 21.9. The van der Waals surface area contributed by atoms with Gasteiger partial charge in [0, 0.05) is 75.6 Å². The van der Waals surface area contributed by atoms with E-state index >= 15 is 0 Å². The van der Waals surface area contributed by atoms with Crippen molar-refractivity contribution < 1.29 is 21.6 Å². The number of aromatic nitrogens is 4. The van der Waals surface area contributed by atoms with Crippen molar-refractivity contribution in [2.24, 2.45) is 0 Å². The SMILES string of the molecule is CCCc1cnc(N2CCC(Oc3cc(N4CCC5=C4C=CC(S(C)(=O)=O)(S(C)(=O)=O)C5)ncn3)CC2)nc1. The molecule has 2 aromatic rings. The molecule has 1 aliphatic carbocycles. The highest BCUT2D eigenvalue weighted by Crippen LogP contribution is 2.43. The van der Waals surface area contributed by atoms with Crippen LogP contribution in [-0.4, -0.2) is 79.1 Å². The summed E-state index contributed by atoms with van der Waals surface area (Å²) in [6, 6.07) is 1.78. The van der Waals surface area contributed by atoms with E-state index in [0.717, 1.165) is 74.1 Å². The lowest BCUT2D eigenvalue weighted by atomic mass is 10.0. The average molecular weight is 575 g/mol. The Balaban J connectivity index is 1.25. The Morgan fingerprint density at radius 3 is 2.33 bits per heavy atom. The standard InChI is InChI=1S/C26H34N6O5S2/c1-4-5-19-16-27-25(28-17-19)31-11-8-21(9-12-31)37-24-14-23(29-18-30-24)32-13-7-20-15-26(38(2,33)34,39(3,35)36)10-6-22(20)32/h6,10,14,16-18,21H,4-5,7-9,11-13,15H2,1-3H3. The molecule has 0 atom stereocenters. The fourth-order valence-corrected chi connectivity index (χ4v) is 9.18. The van der Waals surface area contributed by atoms with Crippen molar-refractivity contribution in [2.75, 3.05) is 41.9 Å². The van der Waals surface area contributed by atoms with Crippen LogP contribution in [0.3, 0.4) is 0 Å². The van der Waals surface area contributed by atoms with Gasteiger partial charge < -0.3 is 14.5 Å². The summed E-state index contributed by atoms with van der Waals surface area (Å²) >= 11 is 0. The van der Waals surface area contributed by atoms with Crippen LogP contribution in [-0.2, 0) is 26.1 Å². The van der Waals surface area contributed by atoms with E-state index in [2.05, 4.69) is 31.8 Å². The van der Waals surface area contributed by atoms with E-state index < -0.39 is 23.8 Å². The van der Waals surface area contributed by atoms with Gasteiger partial charge in [-0.15, -0.1) is 0 Å². The molecule has 1 fully saturated rings. The van der Waals surface area contributed by atoms with E-state index in [-0.39, 0.29) is 12.5 Å². The fourth-order valence-electron chi connectivity index (χ4n) is 5.47. The molecule has 210 valence electrons. The van der Waals surface area contributed by atoms with Gasteiger partial charge in [-0.2, -0.15) is 0 Å². The maximum atomic E-state index is 12.6. The van der Waals surface area contributed by atoms with Crippen LogP contribution < -0.4 is 14.5 Å². The van der Waals surface area contributed by atoms with Gasteiger partial charge in [-0.3, -0.25) is 0 Å². The highest BCUT2D eigenvalue weighted by Gasteiger charge is 2.51. The molecule has 0 spiro atoms. The van der Waals surface area contributed by atoms with Gasteiger partial charge in [0.05, 0.1) is 0 Å². The lowest BCUT2D eigenvalue weighted by molar-refractivity contribution is 0.163. The molecule has 39 heavy (non-hydrogen) atoms. The highest BCUT2D eigenvalue weighted by molar-refractivity contribution is 8.10. The van der Waals surface area contributed by atoms with Gasteiger partial charge in [0.15, 0.2) is 23.8 Å². The highest BCUT2D eigenvalue weighted by atomic mass is 32.3. The van der Waals surface area contributed by atoms with Crippen molar-refractivity contribution in [3.63, 3.8) is 0 Å². The maximum Gasteiger partial charge on any atom is 0.225 e. The Morgan fingerprint density at radius 1 is 1.00 bits per heavy atom. The van der Waals surface area contributed by atoms with Crippen LogP contribution in [0.2, 0.25) is 0 Å². The van der Waals surface area contributed by atoms with Crippen LogP contribution in [0.15, 0.2) is 48.2 Å². The van der Waals surface area contributed by atoms with E-state index in [0.29, 0.717) is 24.7 Å². The first-order valence-electron chi connectivity index (χ1n) is 13.1. The van der Waals surface area contributed by atoms with Crippen LogP contribution >= 0.6 is 0 Å². The lowest BCUT2D eigenvalue weighted by Gasteiger charge is -2.32. The van der Waals surface area contributed by atoms with E-state index in [9.17, 15) is 16.8 Å². The van der Waals surface area contributed by atoms with Crippen molar-refractivity contribution >= 4 is 31.4 Å². The third kappa shape index (κ3) is 5.38. The number of anilines is 2. The van der Waals surface area contributed by atoms with Crippen molar-refractivity contribution in [1.82, 2.24) is 19.9 Å². The molecule has 11 nitrogen and oxygen atoms in total. The van der Waals surface area contributed by atoms with Gasteiger partial charge in [-0.25, -0.2) is 36.8 Å². The first-order valence-corrected chi connectivity index (χ1v) is 16.9. The Bertz CT molecular complexity index is 1470. The van der Waals surface area contributed by atoms with Crippen LogP contribution in [0, 0.1) is 0 Å². The Morgan fingerprint density at radius 2 is 1.69 bits per heavy atom. The second-order valence-electron chi connectivity index (χ2n) is 10.4. The van der Waals surface area contributed by atoms with E-state index in [1.165, 1.54) is 12.4 Å². The molecule has 0 N–H and O–H groups in total. The molecule has 13 heteroatoms. The molecule has 0 bridgehead atoms. The normalized spacial score (nSPS) is 19.9. The topological polar surface area (TPSA) is 136 Å². The first kappa shape index (κ1) is 27.5. The van der Waals surface area contributed by atoms with Gasteiger partial charge in [0.1, 0.15) is 18.2 Å². The van der Waals surface area contributed by atoms with Gasteiger partial charge in [0.2, 0.25) is 11.8 Å². The molecule has 0 unspecified atom stereocenters. The third-order valence-corrected chi connectivity index (χ3v) is 12.5. The molecule has 3 aliphatic rings. The molecular formula is C26H34N6O5S2. The van der Waals surface area contributed by atoms with Crippen molar-refractivity contribution in [3.05, 3.63) is 53.8 Å². The fraction of sp³-hybridized carbons (Fsp3) is 0.538. The lowest BCUT2D eigenvalue weighted by Crippen LogP contribution is -2.45. The zero-order chi connectivity index (χ0) is 27.8. The monoisotopic (exact) mass is 574 g/mol. The largest absolute Gasteiger partial charge is 0.474 e. The summed E-state index contributed by atoms with van der Waals surface area (Å²) in [6.45, 7) is 4.26. The van der Waals surface area contributed by atoms with Crippen LogP contribution in [0.1, 0.15) is 44.6 Å². The molecule has 5 rings (SSSR count). The van der Waals surface area contributed by atoms with E-state index in [4.69, 9.17) is 4.74 Å². The Kier molecular flexibility index (Phi) is 7.40. The molecule has 2 aromatic heterocycles. The summed E-state index contributed by atoms with van der Waals surface area (Å²) in [5.74, 6) is 1.83. The van der Waals surface area contributed by atoms with Gasteiger partial charge in [-0.05, 0) is 36.1 Å². The predicted octanol–water partition coefficient (Wildman–Crippen LogP) is 2.48. The number of allylic oxidation sites excluding steroid dienone is 1. The zero-order valence-electron chi connectivity index (χ0n) is 22.4. The molecule has 0 amide bonds. The molecule has 0 saturated carbocycles. The zero-order valence-corrected chi connectivity index (χ0v) is 24.1. The minimum atomic E-state index is -3.90. The van der Waals surface area contributed by atoms with Gasteiger partial charge in [-0.1, -0.05) is 13.3 Å². The van der Waals surface area contributed by atoms with Crippen molar-refractivity contribution in [1.29, 1.82) is 0 Å². The van der Waals surface area contributed by atoms with Crippen LogP contribution in [0.4, 0.5) is 11.8 Å². The summed E-state index contributed by atoms with van der Waals surface area (Å²) < 4.78 is 54.5. The average Bonchev–Trinajstić information content (AvgIpc) is 3.32. The smallest absolute Gasteiger partial charge is 0.225 e. The number of aryl methyl sites for hydroxylation is 1. The molecule has 4 heterocycles. The predicted molar refractivity (Wildman–Crippen MR) is 149 cm³/mol. The van der Waals surface area contributed by atoms with E-state index in [1.54, 1.807) is 12.1 Å². The number of rotatable bonds is 8. The quantitative estimate of drug-likeness (QED) is 0.460. The second kappa shape index (κ2) is 10.5. The number of piperidine rings is 1. The molecule has 0 radical (unpaired) electrons. The van der Waals surface area contributed by atoms with Gasteiger partial charge in [0.25, 0.3) is 0 Å². The Labute approximate surface area is 229 Å². The first-order chi connectivity index (χ1) is 18.5. The summed E-state index contributed by atoms with van der Waals surface area (Å²) in [5, 5.41) is 0. The van der Waals surface area contributed by atoms with Gasteiger partial charge >= 0.3 is 0 Å². The minimum absolute atomic E-state index is 0.00330. The third-order valence-electron chi connectivity index (χ3n) is 7.65. The number of nitrogens with zero attached hydrogens (tertiary/aromatic N) is 6.